The molecule has 0 fully saturated rings. The van der Waals surface area contributed by atoms with Gasteiger partial charge in [0.05, 0.1) is 6.42 Å². The fourth-order valence-corrected chi connectivity index (χ4v) is 3.23. The minimum Gasteiger partial charge on any atom is -0.481 e. The Morgan fingerprint density at radius 1 is 1.00 bits per heavy atom. The fourth-order valence-electron chi connectivity index (χ4n) is 2.13. The van der Waals surface area contributed by atoms with Gasteiger partial charge >= 0.3 is 5.97 Å². The molecule has 0 amide bonds. The summed E-state index contributed by atoms with van der Waals surface area (Å²) in [5, 5.41) is 9.94. The highest BCUT2D eigenvalue weighted by Crippen LogP contribution is 2.30. The van der Waals surface area contributed by atoms with Crippen LogP contribution in [-0.4, -0.2) is 11.1 Å². The van der Waals surface area contributed by atoms with E-state index in [4.69, 9.17) is 5.11 Å². The van der Waals surface area contributed by atoms with Gasteiger partial charge < -0.3 is 5.11 Å². The van der Waals surface area contributed by atoms with Gasteiger partial charge in [-0.1, -0.05) is 42.5 Å². The Hall–Kier alpha value is -2.13. The van der Waals surface area contributed by atoms with E-state index in [2.05, 4.69) is 30.3 Å². The number of carboxylic acid groups (broad SMARTS) is 1. The number of aliphatic carboxylic acids is 1. The first-order chi connectivity index (χ1) is 9.22. The lowest BCUT2D eigenvalue weighted by atomic mass is 10.1. The molecule has 1 heterocycles. The van der Waals surface area contributed by atoms with Crippen molar-refractivity contribution in [3.05, 3.63) is 59.5 Å². The van der Waals surface area contributed by atoms with Gasteiger partial charge in [-0.25, -0.2) is 0 Å². The molecule has 0 atom stereocenters. The van der Waals surface area contributed by atoms with Crippen LogP contribution in [-0.2, 0) is 11.2 Å². The summed E-state index contributed by atoms with van der Waals surface area (Å²) in [5.41, 5.74) is 2.34. The first kappa shape index (κ1) is 11.9. The molecule has 0 radical (unpaired) electrons. The van der Waals surface area contributed by atoms with Crippen LogP contribution in [0.25, 0.3) is 21.2 Å². The van der Waals surface area contributed by atoms with E-state index in [9.17, 15) is 4.79 Å². The van der Waals surface area contributed by atoms with Crippen molar-refractivity contribution in [3.8, 4) is 11.1 Å². The van der Waals surface area contributed by atoms with Gasteiger partial charge in [0.15, 0.2) is 0 Å². The Labute approximate surface area is 114 Å². The Morgan fingerprint density at radius 2 is 1.79 bits per heavy atom. The molecule has 2 aromatic carbocycles. The zero-order chi connectivity index (χ0) is 13.2. The predicted octanol–water partition coefficient (Wildman–Crippen LogP) is 4.20. The van der Waals surface area contributed by atoms with Crippen molar-refractivity contribution in [1.82, 2.24) is 0 Å². The largest absolute Gasteiger partial charge is 0.481 e. The number of rotatable bonds is 3. The molecule has 0 aliphatic rings. The minimum absolute atomic E-state index is 0.0972. The maximum absolute atomic E-state index is 10.7. The molecule has 0 saturated carbocycles. The third-order valence-corrected chi connectivity index (χ3v) is 4.10. The van der Waals surface area contributed by atoms with Gasteiger partial charge in [-0.3, -0.25) is 4.79 Å². The first-order valence-electron chi connectivity index (χ1n) is 6.02. The van der Waals surface area contributed by atoms with Crippen LogP contribution in [0.15, 0.2) is 54.6 Å². The number of carboxylic acids is 1. The van der Waals surface area contributed by atoms with Gasteiger partial charge in [0, 0.05) is 9.58 Å². The van der Waals surface area contributed by atoms with Crippen LogP contribution in [0, 0.1) is 0 Å². The van der Waals surface area contributed by atoms with E-state index in [-0.39, 0.29) is 6.42 Å². The molecular formula is C16H12O2S. The van der Waals surface area contributed by atoms with Crippen molar-refractivity contribution in [2.75, 3.05) is 0 Å². The second-order valence-electron chi connectivity index (χ2n) is 4.40. The van der Waals surface area contributed by atoms with E-state index in [1.54, 1.807) is 11.3 Å². The van der Waals surface area contributed by atoms with E-state index in [0.717, 1.165) is 20.5 Å². The molecule has 0 spiro atoms. The zero-order valence-electron chi connectivity index (χ0n) is 10.2. The summed E-state index contributed by atoms with van der Waals surface area (Å²) in [5.74, 6) is -0.783. The third kappa shape index (κ3) is 2.51. The van der Waals surface area contributed by atoms with E-state index < -0.39 is 5.97 Å². The average molecular weight is 268 g/mol. The Kier molecular flexibility index (Phi) is 3.05. The van der Waals surface area contributed by atoms with Crippen molar-refractivity contribution >= 4 is 27.4 Å². The molecule has 0 aliphatic heterocycles. The van der Waals surface area contributed by atoms with Gasteiger partial charge in [0.1, 0.15) is 0 Å². The number of hydrogen-bond acceptors (Lipinski definition) is 2. The predicted molar refractivity (Wildman–Crippen MR) is 78.6 cm³/mol. The van der Waals surface area contributed by atoms with E-state index >= 15 is 0 Å². The molecule has 0 saturated heterocycles. The molecule has 0 bridgehead atoms. The Balaban J connectivity index is 2.03. The summed E-state index contributed by atoms with van der Waals surface area (Å²) in [6.45, 7) is 0. The summed E-state index contributed by atoms with van der Waals surface area (Å²) in [6.07, 6.45) is 0.0972. The Bertz CT molecular complexity index is 729. The lowest BCUT2D eigenvalue weighted by molar-refractivity contribution is -0.136. The molecule has 3 aromatic rings. The number of thiophene rings is 1. The molecule has 1 N–H and O–H groups in total. The van der Waals surface area contributed by atoms with Gasteiger partial charge in [-0.15, -0.1) is 11.3 Å². The van der Waals surface area contributed by atoms with Gasteiger partial charge in [-0.2, -0.15) is 0 Å². The summed E-state index contributed by atoms with van der Waals surface area (Å²) in [4.78, 5) is 11.6. The topological polar surface area (TPSA) is 37.3 Å². The highest BCUT2D eigenvalue weighted by molar-refractivity contribution is 7.19. The molecule has 2 nitrogen and oxygen atoms in total. The third-order valence-electron chi connectivity index (χ3n) is 3.00. The molecule has 94 valence electrons. The lowest BCUT2D eigenvalue weighted by Crippen LogP contribution is -1.96. The van der Waals surface area contributed by atoms with Crippen LogP contribution in [0.5, 0.6) is 0 Å². The van der Waals surface area contributed by atoms with Crippen LogP contribution in [0.4, 0.5) is 0 Å². The van der Waals surface area contributed by atoms with Gasteiger partial charge in [0.2, 0.25) is 0 Å². The quantitative estimate of drug-likeness (QED) is 0.773. The molecule has 3 rings (SSSR count). The normalized spacial score (nSPS) is 10.7. The first-order valence-corrected chi connectivity index (χ1v) is 6.84. The number of hydrogen-bond donors (Lipinski definition) is 1. The second-order valence-corrected chi connectivity index (χ2v) is 5.57. The fraction of sp³-hybridized carbons (Fsp3) is 0.0625. The molecule has 3 heteroatoms. The summed E-state index contributed by atoms with van der Waals surface area (Å²) < 4.78 is 1.14. The lowest BCUT2D eigenvalue weighted by Gasteiger charge is -2.00. The molecule has 0 unspecified atom stereocenters. The summed E-state index contributed by atoms with van der Waals surface area (Å²) >= 11 is 1.55. The SMILES string of the molecule is O=C(O)Cc1cc2ccc(-c3ccccc3)cc2s1. The smallest absolute Gasteiger partial charge is 0.308 e. The van der Waals surface area contributed by atoms with E-state index in [1.165, 1.54) is 5.56 Å². The average Bonchev–Trinajstić information content (AvgIpc) is 2.79. The maximum Gasteiger partial charge on any atom is 0.308 e. The standard InChI is InChI=1S/C16H12O2S/c17-16(18)10-14-8-13-7-6-12(9-15(13)19-14)11-4-2-1-3-5-11/h1-9H,10H2,(H,17,18). The Morgan fingerprint density at radius 3 is 2.53 bits per heavy atom. The monoisotopic (exact) mass is 268 g/mol. The van der Waals surface area contributed by atoms with Crippen molar-refractivity contribution in [2.24, 2.45) is 0 Å². The molecule has 0 aliphatic carbocycles. The number of benzene rings is 2. The van der Waals surface area contributed by atoms with Crippen molar-refractivity contribution in [3.63, 3.8) is 0 Å². The highest BCUT2D eigenvalue weighted by atomic mass is 32.1. The van der Waals surface area contributed by atoms with Gasteiger partial charge in [0.25, 0.3) is 0 Å². The van der Waals surface area contributed by atoms with Crippen LogP contribution >= 0.6 is 11.3 Å². The minimum atomic E-state index is -0.783. The van der Waals surface area contributed by atoms with Gasteiger partial charge in [-0.05, 0) is 28.6 Å². The summed E-state index contributed by atoms with van der Waals surface area (Å²) in [6, 6.07) is 18.4. The van der Waals surface area contributed by atoms with Crippen molar-refractivity contribution in [1.29, 1.82) is 0 Å². The number of carbonyl (C=O) groups is 1. The molecule has 19 heavy (non-hydrogen) atoms. The second kappa shape index (κ2) is 4.86. The highest BCUT2D eigenvalue weighted by Gasteiger charge is 2.07. The molecular weight excluding hydrogens is 256 g/mol. The van der Waals surface area contributed by atoms with Crippen LogP contribution in [0.1, 0.15) is 4.88 Å². The van der Waals surface area contributed by atoms with Crippen LogP contribution in [0.3, 0.4) is 0 Å². The summed E-state index contributed by atoms with van der Waals surface area (Å²) in [7, 11) is 0. The zero-order valence-corrected chi connectivity index (χ0v) is 11.0. The van der Waals surface area contributed by atoms with Crippen molar-refractivity contribution < 1.29 is 9.90 Å². The van der Waals surface area contributed by atoms with Crippen LogP contribution < -0.4 is 0 Å². The number of fused-ring (bicyclic) bond motifs is 1. The maximum atomic E-state index is 10.7. The van der Waals surface area contributed by atoms with E-state index in [0.29, 0.717) is 0 Å². The van der Waals surface area contributed by atoms with Crippen LogP contribution in [0.2, 0.25) is 0 Å². The van der Waals surface area contributed by atoms with Crippen molar-refractivity contribution in [2.45, 2.75) is 6.42 Å². The molecule has 1 aromatic heterocycles. The van der Waals surface area contributed by atoms with E-state index in [1.807, 2.05) is 24.3 Å².